The second-order valence-corrected chi connectivity index (χ2v) is 5.40. The lowest BCUT2D eigenvalue weighted by atomic mass is 10.3. The second kappa shape index (κ2) is 8.02. The minimum absolute atomic E-state index is 0.303. The van der Waals surface area contributed by atoms with Gasteiger partial charge in [0.15, 0.2) is 0 Å². The fraction of sp³-hybridized carbons (Fsp3) is 0.100. The zero-order valence-corrected chi connectivity index (χ0v) is 13.9. The maximum absolute atomic E-state index is 11.9. The van der Waals surface area contributed by atoms with Crippen molar-refractivity contribution in [1.82, 2.24) is 0 Å². The van der Waals surface area contributed by atoms with Crippen LogP contribution in [0.4, 0.5) is 0 Å². The molecular weight excluding hydrogens is 334 g/mol. The summed E-state index contributed by atoms with van der Waals surface area (Å²) in [6.45, 7) is -0.437. The Hall–Kier alpha value is -3.54. The largest absolute Gasteiger partial charge is 0.561 e. The van der Waals surface area contributed by atoms with Crippen molar-refractivity contribution in [1.29, 1.82) is 0 Å². The summed E-state index contributed by atoms with van der Waals surface area (Å²) >= 11 is 0. The summed E-state index contributed by atoms with van der Waals surface area (Å²) in [7, 11) is 0. The number of benzene rings is 3. The van der Waals surface area contributed by atoms with E-state index in [1.165, 1.54) is 0 Å². The molecule has 26 heavy (non-hydrogen) atoms. The molecule has 0 saturated carbocycles. The Morgan fingerprint density at radius 1 is 0.692 bits per heavy atom. The Morgan fingerprint density at radius 3 is 1.46 bits per heavy atom. The summed E-state index contributed by atoms with van der Waals surface area (Å²) in [6.07, 6.45) is 0. The molecule has 0 aromatic heterocycles. The van der Waals surface area contributed by atoms with Gasteiger partial charge in [-0.25, -0.2) is 0 Å². The van der Waals surface area contributed by atoms with Crippen molar-refractivity contribution in [3.05, 3.63) is 101 Å². The lowest BCUT2D eigenvalue weighted by molar-refractivity contribution is -0.666. The molecule has 0 spiro atoms. The minimum atomic E-state index is -2.24. The summed E-state index contributed by atoms with van der Waals surface area (Å²) in [5.41, 5.74) is 0. The van der Waals surface area contributed by atoms with Gasteiger partial charge in [-0.05, 0) is 36.4 Å². The van der Waals surface area contributed by atoms with Crippen LogP contribution in [0.3, 0.4) is 0 Å². The number of nitrogens with zero attached hydrogens (tertiary/aromatic N) is 1. The summed E-state index contributed by atoms with van der Waals surface area (Å²) in [5.74, 6) is -1.15. The average molecular weight is 351 g/mol. The highest BCUT2D eigenvalue weighted by molar-refractivity contribution is 5.24. The van der Waals surface area contributed by atoms with E-state index >= 15 is 0 Å². The van der Waals surface area contributed by atoms with Crippen LogP contribution < -0.4 is 14.2 Å². The molecule has 3 aromatic carbocycles. The molecule has 6 nitrogen and oxygen atoms in total. The molecule has 3 rings (SSSR count). The summed E-state index contributed by atoms with van der Waals surface area (Å²) < 4.78 is 16.9. The standard InChI is InChI=1S/C20H17NO5/c22-21(23)20(25-18-12-6-2-7-13-18,26-19-14-8-3-9-15-19)16-24-17-10-4-1-5-11-17/h1-15H,16H2. The zero-order chi connectivity index (χ0) is 18.2. The summed E-state index contributed by atoms with van der Waals surface area (Å²) in [5, 5.41) is 11.9. The molecule has 0 heterocycles. The molecule has 3 aromatic rings. The van der Waals surface area contributed by atoms with Crippen molar-refractivity contribution in [2.75, 3.05) is 6.61 Å². The van der Waals surface area contributed by atoms with E-state index in [4.69, 9.17) is 14.2 Å². The van der Waals surface area contributed by atoms with Gasteiger partial charge in [0, 0.05) is 0 Å². The van der Waals surface area contributed by atoms with Crippen molar-refractivity contribution < 1.29 is 19.1 Å². The predicted octanol–water partition coefficient (Wildman–Crippen LogP) is 4.15. The van der Waals surface area contributed by atoms with E-state index in [-0.39, 0.29) is 0 Å². The number of hydrogen-bond acceptors (Lipinski definition) is 5. The minimum Gasteiger partial charge on any atom is -0.477 e. The lowest BCUT2D eigenvalue weighted by Crippen LogP contribution is -2.54. The van der Waals surface area contributed by atoms with Crippen LogP contribution in [0.5, 0.6) is 17.2 Å². The third-order valence-corrected chi connectivity index (χ3v) is 3.48. The van der Waals surface area contributed by atoms with Crippen LogP contribution in [-0.4, -0.2) is 17.4 Å². The molecule has 0 unspecified atom stereocenters. The van der Waals surface area contributed by atoms with Crippen LogP contribution in [-0.2, 0) is 0 Å². The Morgan fingerprint density at radius 2 is 1.08 bits per heavy atom. The molecule has 0 aliphatic carbocycles. The van der Waals surface area contributed by atoms with Gasteiger partial charge in [0.1, 0.15) is 22.2 Å². The molecule has 132 valence electrons. The van der Waals surface area contributed by atoms with Crippen molar-refractivity contribution in [2.45, 2.75) is 5.91 Å². The number of para-hydroxylation sites is 3. The first-order valence-electron chi connectivity index (χ1n) is 7.98. The van der Waals surface area contributed by atoms with Crippen LogP contribution in [0.1, 0.15) is 0 Å². The van der Waals surface area contributed by atoms with Gasteiger partial charge in [-0.3, -0.25) is 10.1 Å². The lowest BCUT2D eigenvalue weighted by Gasteiger charge is -2.25. The Kier molecular flexibility index (Phi) is 5.34. The van der Waals surface area contributed by atoms with Crippen LogP contribution in [0, 0.1) is 10.1 Å². The highest BCUT2D eigenvalue weighted by atomic mass is 16.8. The first kappa shape index (κ1) is 17.3. The topological polar surface area (TPSA) is 70.8 Å². The van der Waals surface area contributed by atoms with Gasteiger partial charge in [0.25, 0.3) is 0 Å². The SMILES string of the molecule is O=[N+]([O-])C(COc1ccccc1)(Oc1ccccc1)Oc1ccccc1. The zero-order valence-electron chi connectivity index (χ0n) is 13.9. The number of ether oxygens (including phenoxy) is 3. The number of rotatable bonds is 8. The first-order chi connectivity index (χ1) is 12.7. The van der Waals surface area contributed by atoms with E-state index in [2.05, 4.69) is 0 Å². The van der Waals surface area contributed by atoms with Crippen molar-refractivity contribution >= 4 is 0 Å². The normalized spacial score (nSPS) is 10.8. The number of nitro groups is 1. The van der Waals surface area contributed by atoms with Crippen LogP contribution >= 0.6 is 0 Å². The molecule has 0 saturated heterocycles. The highest BCUT2D eigenvalue weighted by Crippen LogP contribution is 2.25. The third kappa shape index (κ3) is 4.30. The van der Waals surface area contributed by atoms with Gasteiger partial charge in [0.2, 0.25) is 6.61 Å². The van der Waals surface area contributed by atoms with Crippen LogP contribution in [0.15, 0.2) is 91.0 Å². The Balaban J connectivity index is 1.90. The molecule has 0 atom stereocenters. The van der Waals surface area contributed by atoms with Crippen molar-refractivity contribution in [3.63, 3.8) is 0 Å². The van der Waals surface area contributed by atoms with Gasteiger partial charge in [0.05, 0.1) is 0 Å². The molecule has 0 bridgehead atoms. The van der Waals surface area contributed by atoms with Crippen LogP contribution in [0.2, 0.25) is 0 Å². The number of hydrogen-bond donors (Lipinski definition) is 0. The van der Waals surface area contributed by atoms with Crippen LogP contribution in [0.25, 0.3) is 0 Å². The van der Waals surface area contributed by atoms with Crippen molar-refractivity contribution in [3.8, 4) is 17.2 Å². The Bertz CT molecular complexity index is 783. The van der Waals surface area contributed by atoms with Gasteiger partial charge in [-0.2, -0.15) is 0 Å². The van der Waals surface area contributed by atoms with E-state index in [9.17, 15) is 10.1 Å². The van der Waals surface area contributed by atoms with Gasteiger partial charge in [-0.15, -0.1) is 0 Å². The van der Waals surface area contributed by atoms with Gasteiger partial charge < -0.3 is 14.2 Å². The van der Waals surface area contributed by atoms with E-state index in [1.54, 1.807) is 84.9 Å². The molecule has 6 heteroatoms. The smallest absolute Gasteiger partial charge is 0.477 e. The quantitative estimate of drug-likeness (QED) is 0.346. The maximum atomic E-state index is 11.9. The van der Waals surface area contributed by atoms with Gasteiger partial charge >= 0.3 is 5.91 Å². The summed E-state index contributed by atoms with van der Waals surface area (Å²) in [6, 6.07) is 25.7. The highest BCUT2D eigenvalue weighted by Gasteiger charge is 2.51. The molecule has 0 N–H and O–H groups in total. The second-order valence-electron chi connectivity index (χ2n) is 5.40. The van der Waals surface area contributed by atoms with E-state index in [0.717, 1.165) is 0 Å². The van der Waals surface area contributed by atoms with Gasteiger partial charge in [-0.1, -0.05) is 54.6 Å². The Labute approximate surface area is 150 Å². The molecule has 0 aliphatic rings. The predicted molar refractivity (Wildman–Crippen MR) is 95.8 cm³/mol. The molecule has 0 aliphatic heterocycles. The monoisotopic (exact) mass is 351 g/mol. The fourth-order valence-electron chi connectivity index (χ4n) is 2.24. The molecule has 0 radical (unpaired) electrons. The summed E-state index contributed by atoms with van der Waals surface area (Å²) in [4.78, 5) is 11.3. The van der Waals surface area contributed by atoms with E-state index in [1.807, 2.05) is 6.07 Å². The molecular formula is C20H17NO5. The molecule has 0 fully saturated rings. The maximum Gasteiger partial charge on any atom is 0.561 e. The van der Waals surface area contributed by atoms with E-state index in [0.29, 0.717) is 17.2 Å². The third-order valence-electron chi connectivity index (χ3n) is 3.48. The fourth-order valence-corrected chi connectivity index (χ4v) is 2.24. The van der Waals surface area contributed by atoms with E-state index < -0.39 is 17.4 Å². The average Bonchev–Trinajstić information content (AvgIpc) is 2.68. The first-order valence-corrected chi connectivity index (χ1v) is 7.98. The molecule has 0 amide bonds. The van der Waals surface area contributed by atoms with Crippen molar-refractivity contribution in [2.24, 2.45) is 0 Å².